The van der Waals surface area contributed by atoms with Crippen LogP contribution >= 0.6 is 0 Å². The van der Waals surface area contributed by atoms with E-state index in [0.717, 1.165) is 0 Å². The average Bonchev–Trinajstić information content (AvgIpc) is 2.68. The van der Waals surface area contributed by atoms with Gasteiger partial charge >= 0.3 is 12.1 Å². The van der Waals surface area contributed by atoms with Crippen LogP contribution in [0.15, 0.2) is 59.7 Å². The van der Waals surface area contributed by atoms with E-state index in [-0.39, 0.29) is 23.7 Å². The van der Waals surface area contributed by atoms with Crippen LogP contribution in [0, 0.1) is 0 Å². The molecule has 0 radical (unpaired) electrons. The fraction of sp³-hybridized carbons (Fsp3) is 0.158. The van der Waals surface area contributed by atoms with E-state index in [1.165, 1.54) is 6.07 Å². The van der Waals surface area contributed by atoms with Gasteiger partial charge in [0.25, 0.3) is 0 Å². The van der Waals surface area contributed by atoms with Gasteiger partial charge in [0.2, 0.25) is 5.82 Å². The fourth-order valence-electron chi connectivity index (χ4n) is 2.42. The summed E-state index contributed by atoms with van der Waals surface area (Å²) < 4.78 is 44.4. The minimum atomic E-state index is -4.73. The van der Waals surface area contributed by atoms with Crippen molar-refractivity contribution in [3.05, 3.63) is 66.0 Å². The predicted octanol–water partition coefficient (Wildman–Crippen LogP) is 4.03. The van der Waals surface area contributed by atoms with Gasteiger partial charge in [0.05, 0.1) is 12.1 Å². The maximum Gasteiger partial charge on any atom is 0.451 e. The van der Waals surface area contributed by atoms with Crippen molar-refractivity contribution in [2.45, 2.75) is 13.1 Å². The number of nitrogens with one attached hydrogen (secondary N) is 1. The SMILES string of the molecule is CCOC(=O)/C(=N\Nc1nc(C(F)(F)F)nc2ccccc12)c1ccccc1. The summed E-state index contributed by atoms with van der Waals surface area (Å²) in [6, 6.07) is 14.6. The van der Waals surface area contributed by atoms with E-state index in [1.54, 1.807) is 55.5 Å². The van der Waals surface area contributed by atoms with Gasteiger partial charge in [0, 0.05) is 10.9 Å². The number of nitrogens with zero attached hydrogens (tertiary/aromatic N) is 3. The molecule has 0 aliphatic carbocycles. The molecule has 0 saturated carbocycles. The quantitative estimate of drug-likeness (QED) is 0.406. The Bertz CT molecular complexity index is 1020. The van der Waals surface area contributed by atoms with E-state index in [1.807, 2.05) is 0 Å². The number of para-hydroxylation sites is 1. The number of hydrazone groups is 1. The van der Waals surface area contributed by atoms with Crippen LogP contribution in [-0.4, -0.2) is 28.3 Å². The van der Waals surface area contributed by atoms with E-state index in [0.29, 0.717) is 10.9 Å². The normalized spacial score (nSPS) is 12.1. The van der Waals surface area contributed by atoms with E-state index >= 15 is 0 Å². The van der Waals surface area contributed by atoms with Crippen LogP contribution in [0.3, 0.4) is 0 Å². The predicted molar refractivity (Wildman–Crippen MR) is 97.8 cm³/mol. The number of benzene rings is 2. The van der Waals surface area contributed by atoms with Gasteiger partial charge in [0.1, 0.15) is 0 Å². The number of carbonyl (C=O) groups excluding carboxylic acids is 1. The molecule has 144 valence electrons. The maximum absolute atomic E-state index is 13.1. The van der Waals surface area contributed by atoms with Crippen LogP contribution in [0.4, 0.5) is 19.0 Å². The Labute approximate surface area is 158 Å². The van der Waals surface area contributed by atoms with Crippen molar-refractivity contribution < 1.29 is 22.7 Å². The largest absolute Gasteiger partial charge is 0.461 e. The summed E-state index contributed by atoms with van der Waals surface area (Å²) in [5, 5.41) is 4.32. The Kier molecular flexibility index (Phi) is 5.53. The molecular formula is C19H15F3N4O2. The summed E-state index contributed by atoms with van der Waals surface area (Å²) in [4.78, 5) is 19.3. The van der Waals surface area contributed by atoms with Gasteiger partial charge in [-0.25, -0.2) is 14.8 Å². The summed E-state index contributed by atoms with van der Waals surface area (Å²) >= 11 is 0. The van der Waals surface area contributed by atoms with Crippen molar-refractivity contribution in [1.82, 2.24) is 9.97 Å². The van der Waals surface area contributed by atoms with Crippen LogP contribution in [0.5, 0.6) is 0 Å². The van der Waals surface area contributed by atoms with Gasteiger partial charge < -0.3 is 4.74 Å². The molecule has 9 heteroatoms. The smallest absolute Gasteiger partial charge is 0.451 e. The number of carbonyl (C=O) groups is 1. The van der Waals surface area contributed by atoms with Crippen molar-refractivity contribution in [2.24, 2.45) is 5.10 Å². The van der Waals surface area contributed by atoms with E-state index < -0.39 is 18.0 Å². The van der Waals surface area contributed by atoms with E-state index in [9.17, 15) is 18.0 Å². The highest BCUT2D eigenvalue weighted by Gasteiger charge is 2.35. The molecule has 28 heavy (non-hydrogen) atoms. The molecule has 0 saturated heterocycles. The monoisotopic (exact) mass is 388 g/mol. The number of esters is 1. The van der Waals surface area contributed by atoms with Crippen LogP contribution < -0.4 is 5.43 Å². The second kappa shape index (κ2) is 8.03. The summed E-state index contributed by atoms with van der Waals surface area (Å²) in [7, 11) is 0. The number of halogens is 3. The molecule has 6 nitrogen and oxygen atoms in total. The second-order valence-corrected chi connectivity index (χ2v) is 5.57. The van der Waals surface area contributed by atoms with Gasteiger partial charge in [-0.05, 0) is 19.1 Å². The lowest BCUT2D eigenvalue weighted by atomic mass is 10.1. The fourth-order valence-corrected chi connectivity index (χ4v) is 2.42. The molecule has 2 aromatic carbocycles. The Morgan fingerprint density at radius 3 is 2.43 bits per heavy atom. The topological polar surface area (TPSA) is 76.5 Å². The Morgan fingerprint density at radius 1 is 1.07 bits per heavy atom. The highest BCUT2D eigenvalue weighted by atomic mass is 19.4. The van der Waals surface area contributed by atoms with Gasteiger partial charge in [-0.15, -0.1) is 0 Å². The molecular weight excluding hydrogens is 373 g/mol. The number of aromatic nitrogens is 2. The third-order valence-electron chi connectivity index (χ3n) is 3.65. The minimum Gasteiger partial charge on any atom is -0.461 e. The molecule has 1 aromatic heterocycles. The summed E-state index contributed by atoms with van der Waals surface area (Å²) in [5.74, 6) is -2.19. The summed E-state index contributed by atoms with van der Waals surface area (Å²) in [6.07, 6.45) is -4.73. The molecule has 0 aliphatic heterocycles. The van der Waals surface area contributed by atoms with Crippen molar-refractivity contribution in [3.8, 4) is 0 Å². The lowest BCUT2D eigenvalue weighted by molar-refractivity contribution is -0.144. The standard InChI is InChI=1S/C19H15F3N4O2/c1-2-28-17(27)15(12-8-4-3-5-9-12)25-26-16-13-10-6-7-11-14(13)23-18(24-16)19(20,21)22/h3-11H,2H2,1H3,(H,23,24,26)/b25-15-. The third kappa shape index (κ3) is 4.25. The van der Waals surface area contributed by atoms with Gasteiger partial charge in [0.15, 0.2) is 11.5 Å². The molecule has 0 fully saturated rings. The number of fused-ring (bicyclic) bond motifs is 1. The third-order valence-corrected chi connectivity index (χ3v) is 3.65. The highest BCUT2D eigenvalue weighted by Crippen LogP contribution is 2.30. The molecule has 0 amide bonds. The van der Waals surface area contributed by atoms with Gasteiger partial charge in [-0.2, -0.15) is 18.3 Å². The zero-order chi connectivity index (χ0) is 20.1. The van der Waals surface area contributed by atoms with Gasteiger partial charge in [-0.1, -0.05) is 42.5 Å². The first kappa shape index (κ1) is 19.3. The summed E-state index contributed by atoms with van der Waals surface area (Å²) in [6.45, 7) is 1.76. The van der Waals surface area contributed by atoms with Crippen molar-refractivity contribution in [2.75, 3.05) is 12.0 Å². The molecule has 3 aromatic rings. The number of hydrogen-bond acceptors (Lipinski definition) is 6. The highest BCUT2D eigenvalue weighted by molar-refractivity contribution is 6.43. The van der Waals surface area contributed by atoms with Crippen LogP contribution in [0.2, 0.25) is 0 Å². The first-order valence-electron chi connectivity index (χ1n) is 8.30. The van der Waals surface area contributed by atoms with Crippen LogP contribution in [0.1, 0.15) is 18.3 Å². The first-order chi connectivity index (χ1) is 13.4. The molecule has 1 N–H and O–H groups in total. The molecule has 0 unspecified atom stereocenters. The number of alkyl halides is 3. The minimum absolute atomic E-state index is 0.0845. The molecule has 0 bridgehead atoms. The number of rotatable bonds is 5. The number of ether oxygens (including phenoxy) is 1. The lowest BCUT2D eigenvalue weighted by Gasteiger charge is -2.11. The number of hydrogen-bond donors (Lipinski definition) is 1. The lowest BCUT2D eigenvalue weighted by Crippen LogP contribution is -2.20. The van der Waals surface area contributed by atoms with Crippen molar-refractivity contribution >= 4 is 28.4 Å². The van der Waals surface area contributed by atoms with E-state index in [2.05, 4.69) is 20.5 Å². The van der Waals surface area contributed by atoms with Crippen molar-refractivity contribution in [3.63, 3.8) is 0 Å². The molecule has 0 atom stereocenters. The molecule has 3 rings (SSSR count). The number of anilines is 1. The van der Waals surface area contributed by atoms with Crippen LogP contribution in [-0.2, 0) is 15.7 Å². The van der Waals surface area contributed by atoms with E-state index in [4.69, 9.17) is 4.74 Å². The Morgan fingerprint density at radius 2 is 1.75 bits per heavy atom. The first-order valence-corrected chi connectivity index (χ1v) is 8.30. The zero-order valence-electron chi connectivity index (χ0n) is 14.7. The van der Waals surface area contributed by atoms with Crippen LogP contribution in [0.25, 0.3) is 10.9 Å². The average molecular weight is 388 g/mol. The summed E-state index contributed by atoms with van der Waals surface area (Å²) in [5.41, 5.74) is 2.93. The zero-order valence-corrected chi connectivity index (χ0v) is 14.7. The Balaban J connectivity index is 2.07. The van der Waals surface area contributed by atoms with Gasteiger partial charge in [-0.3, -0.25) is 5.43 Å². The molecule has 0 spiro atoms. The van der Waals surface area contributed by atoms with Crippen molar-refractivity contribution in [1.29, 1.82) is 0 Å². The molecule has 1 heterocycles. The maximum atomic E-state index is 13.1. The Hall–Kier alpha value is -3.49. The second-order valence-electron chi connectivity index (χ2n) is 5.57. The molecule has 0 aliphatic rings.